The average molecular weight is 301 g/mol. The highest BCUT2D eigenvalue weighted by atomic mass is 16.2. The topological polar surface area (TPSA) is 37.4 Å². The third-order valence-electron chi connectivity index (χ3n) is 5.78. The van der Waals surface area contributed by atoms with Crippen molar-refractivity contribution in [3.63, 3.8) is 0 Å². The molecule has 0 aromatic carbocycles. The van der Waals surface area contributed by atoms with Gasteiger partial charge in [0.1, 0.15) is 0 Å². The van der Waals surface area contributed by atoms with Gasteiger partial charge >= 0.3 is 0 Å². The number of allylic oxidation sites excluding steroid dienone is 2. The van der Waals surface area contributed by atoms with Gasteiger partial charge in [-0.2, -0.15) is 0 Å². The van der Waals surface area contributed by atoms with Crippen molar-refractivity contribution in [2.75, 3.05) is 6.54 Å². The van der Waals surface area contributed by atoms with Gasteiger partial charge in [-0.25, -0.2) is 0 Å². The highest BCUT2D eigenvalue weighted by molar-refractivity contribution is 6.12. The Hall–Kier alpha value is -1.38. The first-order valence-corrected chi connectivity index (χ1v) is 8.92. The van der Waals surface area contributed by atoms with Crippen LogP contribution in [-0.4, -0.2) is 23.3 Å². The van der Waals surface area contributed by atoms with E-state index in [2.05, 4.69) is 19.1 Å². The fourth-order valence-electron chi connectivity index (χ4n) is 4.62. The lowest BCUT2D eigenvalue weighted by molar-refractivity contribution is -0.137. The van der Waals surface area contributed by atoms with E-state index in [0.29, 0.717) is 18.4 Å². The largest absolute Gasteiger partial charge is 0.275 e. The second-order valence-corrected chi connectivity index (χ2v) is 7.08. The summed E-state index contributed by atoms with van der Waals surface area (Å²) in [5.41, 5.74) is 0. The Bertz CT molecular complexity index is 476. The molecule has 22 heavy (non-hydrogen) atoms. The number of amides is 2. The molecular formula is C19H27NO2. The predicted molar refractivity (Wildman–Crippen MR) is 87.0 cm³/mol. The van der Waals surface area contributed by atoms with Gasteiger partial charge in [0.05, 0.1) is 0 Å². The van der Waals surface area contributed by atoms with Gasteiger partial charge < -0.3 is 0 Å². The molecule has 3 nitrogen and oxygen atoms in total. The van der Waals surface area contributed by atoms with Crippen LogP contribution >= 0.6 is 0 Å². The molecule has 4 unspecified atom stereocenters. The molecule has 3 aliphatic rings. The van der Waals surface area contributed by atoms with Crippen molar-refractivity contribution in [3.8, 4) is 0 Å². The first-order chi connectivity index (χ1) is 10.7. The highest BCUT2D eigenvalue weighted by Gasteiger charge is 2.43. The molecule has 0 aromatic rings. The van der Waals surface area contributed by atoms with Crippen molar-refractivity contribution in [1.82, 2.24) is 4.90 Å². The van der Waals surface area contributed by atoms with E-state index in [4.69, 9.17) is 0 Å². The molecule has 2 bridgehead atoms. The molecule has 0 N–H and O–H groups in total. The van der Waals surface area contributed by atoms with Gasteiger partial charge in [-0.15, -0.1) is 0 Å². The molecule has 120 valence electrons. The maximum absolute atomic E-state index is 11.7. The van der Waals surface area contributed by atoms with Crippen LogP contribution in [0.2, 0.25) is 0 Å². The summed E-state index contributed by atoms with van der Waals surface area (Å²) in [6.07, 6.45) is 16.5. The van der Waals surface area contributed by atoms with Crippen LogP contribution in [0.3, 0.4) is 0 Å². The molecule has 3 heteroatoms. The van der Waals surface area contributed by atoms with Crippen molar-refractivity contribution in [1.29, 1.82) is 0 Å². The number of carbonyl (C=O) groups excluding carboxylic acids is 2. The summed E-state index contributed by atoms with van der Waals surface area (Å²) in [4.78, 5) is 24.8. The number of carbonyl (C=O) groups is 2. The Morgan fingerprint density at radius 1 is 0.955 bits per heavy atom. The number of hydrogen-bond donors (Lipinski definition) is 0. The van der Waals surface area contributed by atoms with Gasteiger partial charge in [0, 0.05) is 18.7 Å². The summed E-state index contributed by atoms with van der Waals surface area (Å²) in [6.45, 7) is 2.85. The van der Waals surface area contributed by atoms with Crippen LogP contribution in [0, 0.1) is 23.7 Å². The van der Waals surface area contributed by atoms with E-state index in [0.717, 1.165) is 18.3 Å². The Balaban J connectivity index is 1.53. The van der Waals surface area contributed by atoms with Gasteiger partial charge in [0.25, 0.3) is 11.8 Å². The second-order valence-electron chi connectivity index (χ2n) is 7.08. The maximum Gasteiger partial charge on any atom is 0.253 e. The second kappa shape index (κ2) is 6.80. The number of rotatable bonds is 8. The lowest BCUT2D eigenvalue weighted by Gasteiger charge is -2.29. The minimum Gasteiger partial charge on any atom is -0.275 e. The van der Waals surface area contributed by atoms with E-state index in [1.54, 1.807) is 0 Å². The first-order valence-electron chi connectivity index (χ1n) is 8.92. The Kier molecular flexibility index (Phi) is 4.80. The molecule has 4 atom stereocenters. The summed E-state index contributed by atoms with van der Waals surface area (Å²) in [6, 6.07) is 0. The molecule has 1 saturated carbocycles. The lowest BCUT2D eigenvalue weighted by atomic mass is 9.78. The molecule has 1 fully saturated rings. The molecule has 1 aliphatic heterocycles. The summed E-state index contributed by atoms with van der Waals surface area (Å²) in [5, 5.41) is 0. The minimum atomic E-state index is -0.136. The number of nitrogens with zero attached hydrogens (tertiary/aromatic N) is 1. The normalized spacial score (nSPS) is 32.7. The van der Waals surface area contributed by atoms with Gasteiger partial charge in [0.15, 0.2) is 0 Å². The van der Waals surface area contributed by atoms with Gasteiger partial charge in [-0.3, -0.25) is 14.5 Å². The van der Waals surface area contributed by atoms with Crippen LogP contribution < -0.4 is 0 Å². The third kappa shape index (κ3) is 3.04. The monoisotopic (exact) mass is 301 g/mol. The van der Waals surface area contributed by atoms with Crippen LogP contribution in [0.15, 0.2) is 24.3 Å². The Morgan fingerprint density at radius 3 is 2.23 bits per heavy atom. The molecule has 2 aliphatic carbocycles. The minimum absolute atomic E-state index is 0.136. The molecule has 0 spiro atoms. The highest BCUT2D eigenvalue weighted by Crippen LogP contribution is 2.51. The van der Waals surface area contributed by atoms with Crippen molar-refractivity contribution in [3.05, 3.63) is 24.3 Å². The molecular weight excluding hydrogens is 274 g/mol. The van der Waals surface area contributed by atoms with E-state index < -0.39 is 0 Å². The summed E-state index contributed by atoms with van der Waals surface area (Å²) < 4.78 is 0. The standard InChI is InChI=1S/C19H27NO2/c1-2-3-4-5-6-16-14-7-8-15(13-14)17(16)11-12-20-18(21)9-10-19(20)22/h7-10,14-17H,2-6,11-13H2,1H3. The average Bonchev–Trinajstić information content (AvgIpc) is 3.19. The van der Waals surface area contributed by atoms with Gasteiger partial charge in [0.2, 0.25) is 0 Å². The summed E-state index contributed by atoms with van der Waals surface area (Å²) in [7, 11) is 0. The quantitative estimate of drug-likeness (QED) is 0.389. The van der Waals surface area contributed by atoms with Crippen LogP contribution in [0.5, 0.6) is 0 Å². The van der Waals surface area contributed by atoms with E-state index in [1.807, 2.05) is 0 Å². The zero-order valence-electron chi connectivity index (χ0n) is 13.5. The lowest BCUT2D eigenvalue weighted by Crippen LogP contribution is -2.33. The van der Waals surface area contributed by atoms with Crippen LogP contribution in [0.4, 0.5) is 0 Å². The fraction of sp³-hybridized carbons (Fsp3) is 0.684. The fourth-order valence-corrected chi connectivity index (χ4v) is 4.62. The number of unbranched alkanes of at least 4 members (excludes halogenated alkanes) is 3. The Labute approximate surface area is 133 Å². The zero-order chi connectivity index (χ0) is 15.5. The van der Waals surface area contributed by atoms with Crippen molar-refractivity contribution >= 4 is 11.8 Å². The molecule has 0 aromatic heterocycles. The van der Waals surface area contributed by atoms with E-state index >= 15 is 0 Å². The smallest absolute Gasteiger partial charge is 0.253 e. The molecule has 1 heterocycles. The summed E-state index contributed by atoms with van der Waals surface area (Å²) >= 11 is 0. The van der Waals surface area contributed by atoms with E-state index in [9.17, 15) is 9.59 Å². The molecule has 0 saturated heterocycles. The van der Waals surface area contributed by atoms with Crippen molar-refractivity contribution in [2.45, 2.75) is 51.9 Å². The predicted octanol–water partition coefficient (Wildman–Crippen LogP) is 3.71. The van der Waals surface area contributed by atoms with E-state index in [1.165, 1.54) is 55.6 Å². The zero-order valence-corrected chi connectivity index (χ0v) is 13.5. The number of hydrogen-bond acceptors (Lipinski definition) is 2. The number of fused-ring (bicyclic) bond motifs is 2. The van der Waals surface area contributed by atoms with Crippen molar-refractivity contribution in [2.24, 2.45) is 23.7 Å². The molecule has 0 radical (unpaired) electrons. The molecule has 2 amide bonds. The molecule has 3 rings (SSSR count). The van der Waals surface area contributed by atoms with E-state index in [-0.39, 0.29) is 11.8 Å². The number of imide groups is 1. The third-order valence-corrected chi connectivity index (χ3v) is 5.78. The SMILES string of the molecule is CCCCCCC1C2C=CC(C2)C1CCN1C(=O)C=CC1=O. The summed E-state index contributed by atoms with van der Waals surface area (Å²) in [5.74, 6) is 2.60. The van der Waals surface area contributed by atoms with Crippen LogP contribution in [-0.2, 0) is 9.59 Å². The Morgan fingerprint density at radius 2 is 1.59 bits per heavy atom. The first kappa shape index (κ1) is 15.5. The van der Waals surface area contributed by atoms with Gasteiger partial charge in [-0.05, 0) is 42.9 Å². The van der Waals surface area contributed by atoms with Crippen molar-refractivity contribution < 1.29 is 9.59 Å². The van der Waals surface area contributed by atoms with Crippen LogP contribution in [0.1, 0.15) is 51.9 Å². The van der Waals surface area contributed by atoms with Crippen LogP contribution in [0.25, 0.3) is 0 Å². The van der Waals surface area contributed by atoms with Gasteiger partial charge in [-0.1, -0.05) is 44.8 Å². The maximum atomic E-state index is 11.7.